The van der Waals surface area contributed by atoms with E-state index in [4.69, 9.17) is 14.0 Å². The predicted octanol–water partition coefficient (Wildman–Crippen LogP) is -2.54. The van der Waals surface area contributed by atoms with Gasteiger partial charge in [-0.25, -0.2) is 18.6 Å². The van der Waals surface area contributed by atoms with Crippen LogP contribution in [0.25, 0.3) is 0 Å². The Morgan fingerprint density at radius 2 is 1.74 bits per heavy atom. The van der Waals surface area contributed by atoms with E-state index in [1.54, 1.807) is 0 Å². The number of rotatable bonds is 9. The first-order valence-corrected chi connectivity index (χ1v) is 13.8. The Morgan fingerprint density at radius 3 is 2.35 bits per heavy atom. The Bertz CT molecular complexity index is 1520. The number of ether oxygens (including phenoxy) is 2. The molecule has 18 nitrogen and oxygen atoms in total. The first-order valence-electron chi connectivity index (χ1n) is 12.4. The maximum atomic E-state index is 12.0. The van der Waals surface area contributed by atoms with Crippen LogP contribution in [0.3, 0.4) is 0 Å². The minimum Gasteiger partial charge on any atom is -0.504 e. The van der Waals surface area contributed by atoms with Crippen molar-refractivity contribution < 1.29 is 81.3 Å². The molecule has 0 amide bonds. The number of allylic oxidation sites excluding steroid dienone is 2. The van der Waals surface area contributed by atoms with Gasteiger partial charge in [0.2, 0.25) is 12.0 Å². The van der Waals surface area contributed by atoms with Crippen molar-refractivity contribution in [2.24, 2.45) is 0 Å². The number of carboxylic acids is 3. The molecule has 0 bridgehead atoms. The van der Waals surface area contributed by atoms with Gasteiger partial charge in [-0.1, -0.05) is 0 Å². The Hall–Kier alpha value is -4.11. The quantitative estimate of drug-likeness (QED) is 0.100. The molecule has 1 fully saturated rings. The zero-order valence-electron chi connectivity index (χ0n) is 21.7. The van der Waals surface area contributed by atoms with Gasteiger partial charge < -0.3 is 50.5 Å². The van der Waals surface area contributed by atoms with E-state index < -0.39 is 83.5 Å². The molecule has 3 aliphatic rings. The number of aromatic hydroxyl groups is 1. The predicted molar refractivity (Wildman–Crippen MR) is 137 cm³/mol. The van der Waals surface area contributed by atoms with Gasteiger partial charge in [0.25, 0.3) is 6.04 Å². The summed E-state index contributed by atoms with van der Waals surface area (Å²) in [7, 11) is -4.94. The van der Waals surface area contributed by atoms with Crippen LogP contribution in [0.2, 0.25) is 0 Å². The molecule has 0 radical (unpaired) electrons. The van der Waals surface area contributed by atoms with Crippen LogP contribution >= 0.6 is 0 Å². The number of carboxylic acid groups (broad SMARTS) is 3. The lowest BCUT2D eigenvalue weighted by Crippen LogP contribution is -2.60. The minimum atomic E-state index is -4.94. The van der Waals surface area contributed by atoms with Crippen LogP contribution in [0.15, 0.2) is 35.6 Å². The van der Waals surface area contributed by atoms with Crippen molar-refractivity contribution >= 4 is 40.2 Å². The molecule has 4 rings (SSSR count). The SMILES string of the molecule is O=C(O)C1=C/C(=C\C=[N+]2c3cc(O)c(O[C@@H]4O[C@@H](COS(=O)(=O)O)[C@@H](O)[C@H](O)[C@@H]4O)cc3C[C@@H]2C(=O)O)C[C@@H](C(=O)O)N1. The second-order valence-electron chi connectivity index (χ2n) is 9.75. The molecule has 0 aromatic heterocycles. The van der Waals surface area contributed by atoms with E-state index >= 15 is 0 Å². The molecule has 7 atom stereocenters. The molecule has 0 aliphatic carbocycles. The third-order valence-electron chi connectivity index (χ3n) is 6.84. The fourth-order valence-electron chi connectivity index (χ4n) is 4.72. The van der Waals surface area contributed by atoms with Crippen molar-refractivity contribution in [3.8, 4) is 11.5 Å². The van der Waals surface area contributed by atoms with Gasteiger partial charge in [-0.05, 0) is 17.7 Å². The molecule has 0 unspecified atom stereocenters. The standard InChI is InChI=1S/C24H26N2O16S/c27-15-7-13-10(6-16(15)41-24-20(30)19(29)18(28)17(42-24)8-40-43(37,38)39)5-14(23(35)36)26(13)2-1-9-3-11(21(31)32)25-12(4-9)22(33)34/h1-3,6-7,12,14,17-20,24,28-30H,4-5,8H2,(H5,27,31,32,33,34,35,36,37,38,39)/p+1/t12-,14+,17-,18+,19-,20-,24+/m0/s1. The van der Waals surface area contributed by atoms with Crippen LogP contribution in [0, 0.1) is 0 Å². The maximum Gasteiger partial charge on any atom is 0.397 e. The van der Waals surface area contributed by atoms with E-state index in [9.17, 15) is 58.5 Å². The van der Waals surface area contributed by atoms with Crippen molar-refractivity contribution in [3.05, 3.63) is 41.1 Å². The highest BCUT2D eigenvalue weighted by molar-refractivity contribution is 7.80. The normalized spacial score (nSPS) is 30.8. The molecule has 1 aromatic carbocycles. The van der Waals surface area contributed by atoms with E-state index in [-0.39, 0.29) is 35.5 Å². The lowest BCUT2D eigenvalue weighted by molar-refractivity contribution is -0.456. The zero-order valence-corrected chi connectivity index (χ0v) is 22.6. The number of phenols is 1. The van der Waals surface area contributed by atoms with Crippen LogP contribution in [0.5, 0.6) is 11.5 Å². The summed E-state index contributed by atoms with van der Waals surface area (Å²) in [5.41, 5.74) is 0.413. The molecular weight excluding hydrogens is 604 g/mol. The summed E-state index contributed by atoms with van der Waals surface area (Å²) < 4.78 is 46.7. The molecule has 19 heteroatoms. The smallest absolute Gasteiger partial charge is 0.397 e. The van der Waals surface area contributed by atoms with Crippen LogP contribution in [-0.2, 0) is 40.1 Å². The summed E-state index contributed by atoms with van der Waals surface area (Å²) in [6.45, 7) is -0.965. The number of carbonyl (C=O) groups is 3. The number of hydrogen-bond acceptors (Lipinski definition) is 13. The molecule has 3 heterocycles. The number of nitrogens with zero attached hydrogens (tertiary/aromatic N) is 1. The molecule has 9 N–H and O–H groups in total. The van der Waals surface area contributed by atoms with Crippen LogP contribution in [0.4, 0.5) is 5.69 Å². The first kappa shape index (κ1) is 31.8. The average Bonchev–Trinajstić information content (AvgIpc) is 3.28. The summed E-state index contributed by atoms with van der Waals surface area (Å²) in [5, 5.41) is 72.1. The number of aliphatic hydroxyl groups excluding tert-OH is 3. The van der Waals surface area contributed by atoms with Gasteiger partial charge in [0.05, 0.1) is 19.1 Å². The minimum absolute atomic E-state index is 0.111. The van der Waals surface area contributed by atoms with Crippen molar-refractivity contribution in [2.45, 2.75) is 55.6 Å². The molecule has 0 spiro atoms. The number of nitrogens with one attached hydrogen (secondary N) is 1. The number of aliphatic carboxylic acids is 3. The molecule has 234 valence electrons. The molecular formula is C24H27N2O16S+. The lowest BCUT2D eigenvalue weighted by Gasteiger charge is -2.39. The first-order chi connectivity index (χ1) is 20.1. The van der Waals surface area contributed by atoms with Gasteiger partial charge in [0.1, 0.15) is 36.2 Å². The molecule has 1 saturated heterocycles. The van der Waals surface area contributed by atoms with E-state index in [0.717, 1.165) is 6.07 Å². The molecule has 0 saturated carbocycles. The summed E-state index contributed by atoms with van der Waals surface area (Å²) in [6.07, 6.45) is -5.48. The molecule has 3 aliphatic heterocycles. The highest BCUT2D eigenvalue weighted by Crippen LogP contribution is 2.40. The summed E-state index contributed by atoms with van der Waals surface area (Å²) in [5.74, 6) is -4.89. The summed E-state index contributed by atoms with van der Waals surface area (Å²) >= 11 is 0. The highest BCUT2D eigenvalue weighted by Gasteiger charge is 2.46. The van der Waals surface area contributed by atoms with E-state index in [2.05, 4.69) is 9.50 Å². The summed E-state index contributed by atoms with van der Waals surface area (Å²) in [4.78, 5) is 34.9. The third-order valence-corrected chi connectivity index (χ3v) is 7.28. The largest absolute Gasteiger partial charge is 0.504 e. The number of phenolic OH excluding ortho intramolecular Hbond substituents is 1. The third kappa shape index (κ3) is 7.10. The van der Waals surface area contributed by atoms with Crippen molar-refractivity contribution in [3.63, 3.8) is 0 Å². The Balaban J connectivity index is 1.63. The van der Waals surface area contributed by atoms with Gasteiger partial charge in [-0.15, -0.1) is 0 Å². The van der Waals surface area contributed by atoms with Crippen molar-refractivity contribution in [1.29, 1.82) is 0 Å². The molecule has 1 aromatic rings. The topological polar surface area (TPSA) is 290 Å². The van der Waals surface area contributed by atoms with E-state index in [0.29, 0.717) is 5.56 Å². The van der Waals surface area contributed by atoms with Gasteiger partial charge in [0, 0.05) is 18.1 Å². The fourth-order valence-corrected chi connectivity index (χ4v) is 5.02. The summed E-state index contributed by atoms with van der Waals surface area (Å²) in [6, 6.07) is -0.0939. The molecule has 43 heavy (non-hydrogen) atoms. The Kier molecular flexibility index (Phi) is 9.06. The van der Waals surface area contributed by atoms with Gasteiger partial charge >= 0.3 is 28.3 Å². The van der Waals surface area contributed by atoms with Crippen molar-refractivity contribution in [2.75, 3.05) is 6.61 Å². The number of aliphatic hydroxyl groups is 3. The second kappa shape index (κ2) is 12.2. The lowest BCUT2D eigenvalue weighted by atomic mass is 9.99. The fraction of sp³-hybridized carbons (Fsp3) is 0.417. The van der Waals surface area contributed by atoms with Gasteiger partial charge in [-0.2, -0.15) is 13.0 Å². The van der Waals surface area contributed by atoms with E-state index in [1.165, 1.54) is 29.0 Å². The number of hydrogen-bond donors (Lipinski definition) is 9. The Morgan fingerprint density at radius 1 is 1.05 bits per heavy atom. The van der Waals surface area contributed by atoms with Crippen molar-refractivity contribution in [1.82, 2.24) is 5.32 Å². The zero-order chi connectivity index (χ0) is 31.8. The van der Waals surface area contributed by atoms with Crippen LogP contribution < -0.4 is 10.1 Å². The van der Waals surface area contributed by atoms with Crippen LogP contribution in [-0.4, -0.2) is 127 Å². The second-order valence-corrected chi connectivity index (χ2v) is 10.8. The highest BCUT2D eigenvalue weighted by atomic mass is 32.3. The van der Waals surface area contributed by atoms with Gasteiger partial charge in [0.15, 0.2) is 17.7 Å². The van der Waals surface area contributed by atoms with E-state index in [1.807, 2.05) is 0 Å². The maximum absolute atomic E-state index is 12.0. The van der Waals surface area contributed by atoms with Crippen LogP contribution in [0.1, 0.15) is 12.0 Å². The number of fused-ring (bicyclic) bond motifs is 1. The number of benzene rings is 1. The monoisotopic (exact) mass is 631 g/mol. The van der Waals surface area contributed by atoms with Gasteiger partial charge in [-0.3, -0.25) is 4.55 Å². The Labute approximate surface area is 241 Å². The average molecular weight is 632 g/mol.